The van der Waals surface area contributed by atoms with E-state index in [1.165, 1.54) is 62.9 Å². The SMILES string of the molecule is CC(=O)N1CCC(C(C)C)CC1.CC(C)C1CCN(CC(=O)O)CC1.CC(C)N1CCC(C(=O)O)CC1.CC(C)N1CCC2(CC1)Cc1ccccc1C2.CC(C)N1CCN(CC(N)=O)CC1.CC(C)N1C[C@H](O)C[C@H]1C(=O)O.CCOC(=O)C1Cc2ccccc2N1C(C)C. The van der Waals surface area contributed by atoms with Crippen LogP contribution >= 0.6 is 0 Å². The first-order valence-electron chi connectivity index (χ1n) is 36.7. The number of carboxylic acids is 3. The molecule has 20 nitrogen and oxygen atoms in total. The zero-order valence-corrected chi connectivity index (χ0v) is 62.2. The average Bonchev–Trinajstić information content (AvgIpc) is 1.65. The number of carbonyl (C=O) groups is 6. The first-order valence-corrected chi connectivity index (χ1v) is 36.7. The van der Waals surface area contributed by atoms with Crippen LogP contribution in [0.5, 0.6) is 0 Å². The number of aliphatic hydroxyl groups is 1. The molecule has 7 heterocycles. The molecule has 0 saturated carbocycles. The number of nitrogens with two attached hydrogens (primary N) is 1. The molecular formula is C76H131N9O11. The van der Waals surface area contributed by atoms with Crippen molar-refractivity contribution in [3.05, 3.63) is 65.2 Å². The normalized spacial score (nSPS) is 22.1. The number of nitrogens with zero attached hydrogens (tertiary/aromatic N) is 8. The molecule has 0 radical (unpaired) electrons. The third kappa shape index (κ3) is 27.5. The van der Waals surface area contributed by atoms with Gasteiger partial charge in [-0.25, -0.2) is 4.79 Å². The van der Waals surface area contributed by atoms with Gasteiger partial charge in [0.05, 0.1) is 31.7 Å². The molecule has 2 amide bonds. The van der Waals surface area contributed by atoms with E-state index in [0.717, 1.165) is 127 Å². The fraction of sp³-hybridized carbons (Fsp3) is 0.763. The molecule has 8 aliphatic rings. The number of para-hydroxylation sites is 1. The van der Waals surface area contributed by atoms with E-state index in [9.17, 15) is 33.9 Å². The van der Waals surface area contributed by atoms with Crippen LogP contribution in [-0.4, -0.2) is 244 Å². The topological polar surface area (TPSA) is 245 Å². The van der Waals surface area contributed by atoms with E-state index < -0.39 is 30.1 Å². The van der Waals surface area contributed by atoms with Crippen molar-refractivity contribution in [3.8, 4) is 0 Å². The van der Waals surface area contributed by atoms with Crippen molar-refractivity contribution in [2.24, 2.45) is 40.7 Å². The Morgan fingerprint density at radius 1 is 0.542 bits per heavy atom. The molecule has 1 aliphatic carbocycles. The van der Waals surface area contributed by atoms with E-state index in [-0.39, 0.29) is 42.3 Å². The van der Waals surface area contributed by atoms with Gasteiger partial charge in [-0.05, 0) is 231 Å². The van der Waals surface area contributed by atoms with Crippen LogP contribution in [0.1, 0.15) is 185 Å². The van der Waals surface area contributed by atoms with Crippen molar-refractivity contribution in [1.29, 1.82) is 0 Å². The minimum atomic E-state index is -0.833. The Morgan fingerprint density at radius 2 is 1.00 bits per heavy atom. The molecule has 20 heteroatoms. The van der Waals surface area contributed by atoms with Gasteiger partial charge in [0.25, 0.3) is 0 Å². The number of carboxylic acid groups (broad SMARTS) is 3. The minimum absolute atomic E-state index is 0.0972. The van der Waals surface area contributed by atoms with Crippen LogP contribution in [0.25, 0.3) is 0 Å². The van der Waals surface area contributed by atoms with Crippen molar-refractivity contribution >= 4 is 41.4 Å². The van der Waals surface area contributed by atoms with Crippen molar-refractivity contribution in [3.63, 3.8) is 0 Å². The predicted octanol–water partition coefficient (Wildman–Crippen LogP) is 9.61. The van der Waals surface area contributed by atoms with Gasteiger partial charge in [0.2, 0.25) is 11.8 Å². The summed E-state index contributed by atoms with van der Waals surface area (Å²) in [5.74, 6) is 0.783. The minimum Gasteiger partial charge on any atom is -0.481 e. The lowest BCUT2D eigenvalue weighted by molar-refractivity contribution is -0.145. The molecule has 10 rings (SSSR count). The Balaban J connectivity index is 0.000000240. The number of fused-ring (bicyclic) bond motifs is 2. The molecule has 0 bridgehead atoms. The molecule has 3 atom stereocenters. The first kappa shape index (κ1) is 83.2. The monoisotopic (exact) mass is 1350 g/mol. The van der Waals surface area contributed by atoms with Gasteiger partial charge < -0.3 is 50.5 Å². The third-order valence-electron chi connectivity index (χ3n) is 21.2. The van der Waals surface area contributed by atoms with E-state index in [2.05, 4.69) is 144 Å². The third-order valence-corrected chi connectivity index (χ3v) is 21.2. The number of amides is 2. The summed E-state index contributed by atoms with van der Waals surface area (Å²) in [6.07, 6.45) is 12.4. The van der Waals surface area contributed by atoms with Crippen LogP contribution in [0, 0.1) is 35.0 Å². The molecule has 6 N–H and O–H groups in total. The fourth-order valence-corrected chi connectivity index (χ4v) is 14.9. The second-order valence-electron chi connectivity index (χ2n) is 30.3. The molecule has 0 aromatic heterocycles. The van der Waals surface area contributed by atoms with Crippen molar-refractivity contribution in [1.82, 2.24) is 34.3 Å². The van der Waals surface area contributed by atoms with E-state index in [0.29, 0.717) is 49.7 Å². The molecule has 546 valence electrons. The molecular weight excluding hydrogens is 1210 g/mol. The number of hydrogen-bond acceptors (Lipinski definition) is 15. The molecule has 96 heavy (non-hydrogen) atoms. The highest BCUT2D eigenvalue weighted by Crippen LogP contribution is 2.45. The summed E-state index contributed by atoms with van der Waals surface area (Å²) in [5.41, 5.74) is 11.4. The molecule has 2 aromatic rings. The molecule has 7 aliphatic heterocycles. The number of benzene rings is 2. The summed E-state index contributed by atoms with van der Waals surface area (Å²) >= 11 is 0. The van der Waals surface area contributed by atoms with Crippen LogP contribution in [-0.2, 0) is 52.8 Å². The fourth-order valence-electron chi connectivity index (χ4n) is 14.9. The van der Waals surface area contributed by atoms with Crippen molar-refractivity contribution in [2.75, 3.05) is 110 Å². The number of likely N-dealkylation sites (tertiary alicyclic amines) is 5. The molecule has 1 unspecified atom stereocenters. The Kier molecular flexibility index (Phi) is 35.9. The highest BCUT2D eigenvalue weighted by molar-refractivity contribution is 5.84. The number of rotatable bonds is 15. The van der Waals surface area contributed by atoms with Gasteiger partial charge in [0.15, 0.2) is 0 Å². The van der Waals surface area contributed by atoms with Crippen LogP contribution in [0.15, 0.2) is 48.5 Å². The zero-order chi connectivity index (χ0) is 71.6. The molecule has 2 aromatic carbocycles. The van der Waals surface area contributed by atoms with E-state index in [4.69, 9.17) is 25.8 Å². The summed E-state index contributed by atoms with van der Waals surface area (Å²) < 4.78 is 5.16. The summed E-state index contributed by atoms with van der Waals surface area (Å²) in [7, 11) is 0. The van der Waals surface area contributed by atoms with Gasteiger partial charge in [-0.3, -0.25) is 43.6 Å². The van der Waals surface area contributed by atoms with Gasteiger partial charge in [-0.1, -0.05) is 70.2 Å². The molecule has 1 spiro atoms. The van der Waals surface area contributed by atoms with Gasteiger partial charge in [0, 0.05) is 101 Å². The predicted molar refractivity (Wildman–Crippen MR) is 385 cm³/mol. The maximum absolute atomic E-state index is 12.0. The van der Waals surface area contributed by atoms with E-state index in [1.807, 2.05) is 47.6 Å². The Bertz CT molecular complexity index is 2530. The van der Waals surface area contributed by atoms with Crippen molar-refractivity contribution < 1.29 is 53.9 Å². The highest BCUT2D eigenvalue weighted by atomic mass is 16.5. The number of hydrogen-bond donors (Lipinski definition) is 5. The quantitative estimate of drug-likeness (QED) is 0.104. The number of aliphatic hydroxyl groups excluding tert-OH is 1. The number of β-amino-alcohol motifs (C(OH)–C–C–N with tert-alkyl or cyclic N) is 1. The summed E-state index contributed by atoms with van der Waals surface area (Å²) in [6, 6.07) is 19.0. The van der Waals surface area contributed by atoms with E-state index >= 15 is 0 Å². The number of anilines is 1. The number of ether oxygens (including phenoxy) is 1. The Hall–Kier alpha value is -5.22. The number of primary amides is 1. The largest absolute Gasteiger partial charge is 0.481 e. The number of carbonyl (C=O) groups excluding carboxylic acids is 3. The number of aliphatic carboxylic acids is 3. The first-order chi connectivity index (χ1) is 45.3. The van der Waals surface area contributed by atoms with Crippen LogP contribution in [0.2, 0.25) is 0 Å². The lowest BCUT2D eigenvalue weighted by atomic mass is 9.76. The summed E-state index contributed by atoms with van der Waals surface area (Å²) in [5, 5.41) is 35.4. The maximum atomic E-state index is 12.0. The molecule has 6 saturated heterocycles. The number of piperazine rings is 1. The summed E-state index contributed by atoms with van der Waals surface area (Å²) in [4.78, 5) is 82.8. The van der Waals surface area contributed by atoms with Gasteiger partial charge in [-0.2, -0.15) is 0 Å². The second-order valence-corrected chi connectivity index (χ2v) is 30.3. The highest BCUT2D eigenvalue weighted by Gasteiger charge is 2.41. The van der Waals surface area contributed by atoms with Crippen molar-refractivity contribution in [2.45, 2.75) is 236 Å². The zero-order valence-electron chi connectivity index (χ0n) is 62.2. The van der Waals surface area contributed by atoms with Crippen LogP contribution in [0.3, 0.4) is 0 Å². The summed E-state index contributed by atoms with van der Waals surface area (Å²) in [6.45, 7) is 47.9. The second kappa shape index (κ2) is 41.4. The van der Waals surface area contributed by atoms with Crippen LogP contribution < -0.4 is 10.6 Å². The van der Waals surface area contributed by atoms with Crippen LogP contribution in [0.4, 0.5) is 5.69 Å². The lowest BCUT2D eigenvalue weighted by Crippen LogP contribution is -2.50. The Morgan fingerprint density at radius 3 is 1.41 bits per heavy atom. The Labute approximate surface area is 579 Å². The average molecular weight is 1350 g/mol. The lowest BCUT2D eigenvalue weighted by Gasteiger charge is -2.41. The van der Waals surface area contributed by atoms with Gasteiger partial charge in [-0.15, -0.1) is 0 Å². The standard InChI is InChI=1S/C16H23N.C14H19NO2.C10H19NO2.C10H19NO.C9H19N3O.C9H17NO2.C8H15NO3/c1-13(2)17-9-7-16(8-10-17)11-14-5-3-4-6-15(14)12-16;1-4-17-14(16)13-9-11-7-5-6-8-12(11)15(13)10(2)3;1-8(2)9-3-5-11(6-4-9)7-10(12)13;1-8(2)10-4-6-11(7-5-10)9(3)12;1-8(2)12-5-3-11(4-6-12)7-9(10)13;1-7(2)10-5-3-8(4-6-10)9(11)12;1-5(2)9-4-6(10)3-7(9)8(11)12/h3-6,13H,7-12H2,1-2H3;5-8,10,13H,4,9H2,1-3H3;8-9H,3-7H2,1-2H3,(H,12,13);8,10H,4-7H2,1-3H3;8H,3-7H2,1-2H3,(H2,10,13);7-8H,3-6H2,1-2H3,(H,11,12);5-7,10H,3-4H2,1-2H3,(H,11,12)/t;;;;;;6-,7+/m......1/s1. The molecule has 6 fully saturated rings. The van der Waals surface area contributed by atoms with Gasteiger partial charge >= 0.3 is 23.9 Å². The number of esters is 1. The van der Waals surface area contributed by atoms with Gasteiger partial charge in [0.1, 0.15) is 12.1 Å². The maximum Gasteiger partial charge on any atom is 0.329 e. The number of piperidine rings is 4. The smallest absolute Gasteiger partial charge is 0.329 e. The van der Waals surface area contributed by atoms with E-state index in [1.54, 1.807) is 18.1 Å².